The van der Waals surface area contributed by atoms with Gasteiger partial charge in [-0.2, -0.15) is 0 Å². The fourth-order valence-electron chi connectivity index (χ4n) is 2.76. The number of aromatic nitrogens is 1. The molecule has 0 unspecified atom stereocenters. The second kappa shape index (κ2) is 5.26. The first-order chi connectivity index (χ1) is 9.66. The van der Waals surface area contributed by atoms with Gasteiger partial charge in [0.2, 0.25) is 0 Å². The summed E-state index contributed by atoms with van der Waals surface area (Å²) in [6, 6.07) is 0.0525. The van der Waals surface area contributed by atoms with E-state index in [2.05, 4.69) is 5.16 Å². The fraction of sp³-hybridized carbons (Fsp3) is 0.643. The van der Waals surface area contributed by atoms with E-state index >= 15 is 0 Å². The van der Waals surface area contributed by atoms with E-state index in [4.69, 9.17) is 9.63 Å². The van der Waals surface area contributed by atoms with Crippen molar-refractivity contribution in [2.75, 3.05) is 6.54 Å². The first kappa shape index (κ1) is 13.1. The third-order valence-electron chi connectivity index (χ3n) is 3.96. The van der Waals surface area contributed by atoms with Crippen molar-refractivity contribution in [2.24, 2.45) is 0 Å². The Morgan fingerprint density at radius 3 is 2.70 bits per heavy atom. The minimum absolute atomic E-state index is 0.0525. The van der Waals surface area contributed by atoms with Gasteiger partial charge in [-0.05, 0) is 32.1 Å². The number of amides is 1. The molecule has 1 aromatic rings. The molecule has 1 fully saturated rings. The van der Waals surface area contributed by atoms with Gasteiger partial charge in [-0.3, -0.25) is 9.59 Å². The number of carboxylic acid groups (broad SMARTS) is 1. The zero-order valence-electron chi connectivity index (χ0n) is 11.3. The highest BCUT2D eigenvalue weighted by molar-refractivity contribution is 5.96. The summed E-state index contributed by atoms with van der Waals surface area (Å²) >= 11 is 0. The summed E-state index contributed by atoms with van der Waals surface area (Å²) < 4.78 is 5.30. The number of fused-ring (bicyclic) bond motifs is 1. The molecule has 1 amide bonds. The molecule has 108 valence electrons. The zero-order valence-corrected chi connectivity index (χ0v) is 11.3. The minimum Gasteiger partial charge on any atom is -0.480 e. The first-order valence-corrected chi connectivity index (χ1v) is 7.17. The highest BCUT2D eigenvalue weighted by Crippen LogP contribution is 2.30. The molecule has 6 heteroatoms. The number of carboxylic acids is 1. The van der Waals surface area contributed by atoms with Crippen LogP contribution in [0.15, 0.2) is 4.52 Å². The molecule has 6 nitrogen and oxygen atoms in total. The number of hydrogen-bond acceptors (Lipinski definition) is 4. The molecule has 2 aliphatic rings. The van der Waals surface area contributed by atoms with Crippen LogP contribution in [0, 0.1) is 0 Å². The Hall–Kier alpha value is -1.85. The Labute approximate surface area is 116 Å². The van der Waals surface area contributed by atoms with Gasteiger partial charge >= 0.3 is 5.97 Å². The van der Waals surface area contributed by atoms with Crippen molar-refractivity contribution in [2.45, 2.75) is 51.0 Å². The smallest absolute Gasteiger partial charge is 0.323 e. The topological polar surface area (TPSA) is 83.6 Å². The van der Waals surface area contributed by atoms with Gasteiger partial charge in [0.15, 0.2) is 5.69 Å². The Bertz CT molecular complexity index is 533. The van der Waals surface area contributed by atoms with E-state index in [1.54, 1.807) is 0 Å². The van der Waals surface area contributed by atoms with Crippen LogP contribution >= 0.6 is 0 Å². The lowest BCUT2D eigenvalue weighted by Gasteiger charge is -2.19. The van der Waals surface area contributed by atoms with Crippen molar-refractivity contribution < 1.29 is 19.2 Å². The number of aryl methyl sites for hydroxylation is 1. The molecule has 0 spiro atoms. The quantitative estimate of drug-likeness (QED) is 0.846. The van der Waals surface area contributed by atoms with Crippen LogP contribution in [-0.4, -0.2) is 39.6 Å². The van der Waals surface area contributed by atoms with E-state index in [0.29, 0.717) is 5.69 Å². The fourth-order valence-corrected chi connectivity index (χ4v) is 2.76. The normalized spacial score (nSPS) is 18.2. The standard InChI is InChI=1S/C14H18N2O4/c17-12(18)8-16(9-6-7-9)14(19)13-10-4-2-1-3-5-11(10)20-15-13/h9H,1-8H2,(H,17,18). The van der Waals surface area contributed by atoms with Gasteiger partial charge in [0.05, 0.1) is 0 Å². The van der Waals surface area contributed by atoms with Gasteiger partial charge in [0.25, 0.3) is 5.91 Å². The van der Waals surface area contributed by atoms with Crippen molar-refractivity contribution in [1.29, 1.82) is 0 Å². The zero-order chi connectivity index (χ0) is 14.1. The van der Waals surface area contributed by atoms with Gasteiger partial charge in [-0.15, -0.1) is 0 Å². The molecular formula is C14H18N2O4. The number of nitrogens with zero attached hydrogens (tertiary/aromatic N) is 2. The average molecular weight is 278 g/mol. The van der Waals surface area contributed by atoms with Gasteiger partial charge < -0.3 is 14.5 Å². The van der Waals surface area contributed by atoms with Crippen molar-refractivity contribution in [1.82, 2.24) is 10.1 Å². The van der Waals surface area contributed by atoms with E-state index in [9.17, 15) is 9.59 Å². The largest absolute Gasteiger partial charge is 0.480 e. The predicted octanol–water partition coefficient (Wildman–Crippen LogP) is 1.63. The Morgan fingerprint density at radius 1 is 1.25 bits per heavy atom. The summed E-state index contributed by atoms with van der Waals surface area (Å²) in [5.74, 6) is -0.474. The maximum Gasteiger partial charge on any atom is 0.323 e. The van der Waals surface area contributed by atoms with Crippen LogP contribution in [0.1, 0.15) is 53.9 Å². The maximum absolute atomic E-state index is 12.5. The number of carbonyl (C=O) groups is 2. The lowest BCUT2D eigenvalue weighted by molar-refractivity contribution is -0.137. The summed E-state index contributed by atoms with van der Waals surface area (Å²) in [7, 11) is 0. The summed E-state index contributed by atoms with van der Waals surface area (Å²) in [6.45, 7) is -0.259. The predicted molar refractivity (Wildman–Crippen MR) is 69.5 cm³/mol. The van der Waals surface area contributed by atoms with E-state index in [1.807, 2.05) is 0 Å². The van der Waals surface area contributed by atoms with Crippen molar-refractivity contribution in [3.63, 3.8) is 0 Å². The Kier molecular flexibility index (Phi) is 3.46. The summed E-state index contributed by atoms with van der Waals surface area (Å²) in [6.07, 6.45) is 6.56. The Morgan fingerprint density at radius 2 is 2.00 bits per heavy atom. The summed E-state index contributed by atoms with van der Waals surface area (Å²) in [4.78, 5) is 24.9. The molecule has 3 rings (SSSR count). The average Bonchev–Trinajstić information content (AvgIpc) is 3.21. The molecule has 1 aromatic heterocycles. The molecule has 0 saturated heterocycles. The highest BCUT2D eigenvalue weighted by atomic mass is 16.5. The monoisotopic (exact) mass is 278 g/mol. The SMILES string of the molecule is O=C(O)CN(C(=O)c1noc2c1CCCCC2)C1CC1. The number of carbonyl (C=O) groups excluding carboxylic acids is 1. The van der Waals surface area contributed by atoms with Crippen LogP contribution in [0.2, 0.25) is 0 Å². The lowest BCUT2D eigenvalue weighted by Crippen LogP contribution is -2.38. The first-order valence-electron chi connectivity index (χ1n) is 7.17. The molecule has 0 aliphatic heterocycles. The molecule has 0 atom stereocenters. The highest BCUT2D eigenvalue weighted by Gasteiger charge is 2.37. The number of aliphatic carboxylic acids is 1. The van der Waals surface area contributed by atoms with Crippen LogP contribution in [0.5, 0.6) is 0 Å². The summed E-state index contributed by atoms with van der Waals surface area (Å²) in [5.41, 5.74) is 1.22. The second-order valence-electron chi connectivity index (χ2n) is 5.55. The molecule has 1 N–H and O–H groups in total. The molecule has 1 saturated carbocycles. The van der Waals surface area contributed by atoms with Crippen molar-refractivity contribution in [3.8, 4) is 0 Å². The van der Waals surface area contributed by atoms with Gasteiger partial charge in [0.1, 0.15) is 12.3 Å². The molecule has 0 radical (unpaired) electrons. The lowest BCUT2D eigenvalue weighted by atomic mass is 10.1. The van der Waals surface area contributed by atoms with Crippen LogP contribution in [-0.2, 0) is 17.6 Å². The number of hydrogen-bond donors (Lipinski definition) is 1. The maximum atomic E-state index is 12.5. The Balaban J connectivity index is 1.85. The van der Waals surface area contributed by atoms with E-state index in [1.165, 1.54) is 4.90 Å². The third-order valence-corrected chi connectivity index (χ3v) is 3.96. The third kappa shape index (κ3) is 2.55. The number of rotatable bonds is 4. The van der Waals surface area contributed by atoms with Gasteiger partial charge in [-0.25, -0.2) is 0 Å². The van der Waals surface area contributed by atoms with Crippen LogP contribution < -0.4 is 0 Å². The van der Waals surface area contributed by atoms with E-state index in [0.717, 1.165) is 56.3 Å². The van der Waals surface area contributed by atoms with Crippen LogP contribution in [0.25, 0.3) is 0 Å². The molecule has 1 heterocycles. The molecule has 20 heavy (non-hydrogen) atoms. The summed E-state index contributed by atoms with van der Waals surface area (Å²) in [5, 5.41) is 12.9. The molecule has 0 bridgehead atoms. The van der Waals surface area contributed by atoms with Crippen molar-refractivity contribution in [3.05, 3.63) is 17.0 Å². The molecular weight excluding hydrogens is 260 g/mol. The molecule has 2 aliphatic carbocycles. The van der Waals surface area contributed by atoms with Gasteiger partial charge in [0, 0.05) is 18.0 Å². The van der Waals surface area contributed by atoms with Crippen LogP contribution in [0.4, 0.5) is 0 Å². The molecule has 0 aromatic carbocycles. The van der Waals surface area contributed by atoms with Crippen molar-refractivity contribution >= 4 is 11.9 Å². The van der Waals surface area contributed by atoms with Gasteiger partial charge in [-0.1, -0.05) is 11.6 Å². The van der Waals surface area contributed by atoms with Crippen LogP contribution in [0.3, 0.4) is 0 Å². The van der Waals surface area contributed by atoms with E-state index in [-0.39, 0.29) is 18.5 Å². The van der Waals surface area contributed by atoms with E-state index < -0.39 is 5.97 Å². The minimum atomic E-state index is -0.986. The second-order valence-corrected chi connectivity index (χ2v) is 5.55.